The van der Waals surface area contributed by atoms with Gasteiger partial charge in [0, 0.05) is 57.7 Å². The van der Waals surface area contributed by atoms with E-state index in [0.717, 1.165) is 11.3 Å². The normalized spacial score (nSPS) is 26.4. The van der Waals surface area contributed by atoms with E-state index >= 15 is 0 Å². The van der Waals surface area contributed by atoms with Crippen LogP contribution in [0.2, 0.25) is 0 Å². The number of aromatic nitrogens is 2. The lowest BCUT2D eigenvalue weighted by molar-refractivity contribution is -0.163. The molecule has 2 aliphatic rings. The molecule has 2 aromatic rings. The van der Waals surface area contributed by atoms with Crippen molar-refractivity contribution in [2.45, 2.75) is 31.9 Å². The van der Waals surface area contributed by atoms with Crippen molar-refractivity contribution in [1.82, 2.24) is 19.8 Å². The van der Waals surface area contributed by atoms with Crippen LogP contribution in [0.3, 0.4) is 0 Å². The highest BCUT2D eigenvalue weighted by molar-refractivity contribution is 5.12. The molecule has 2 aliphatic heterocycles. The van der Waals surface area contributed by atoms with Crippen molar-refractivity contribution in [2.75, 3.05) is 26.2 Å². The zero-order valence-corrected chi connectivity index (χ0v) is 14.8. The van der Waals surface area contributed by atoms with Gasteiger partial charge in [-0.3, -0.25) is 19.8 Å². The van der Waals surface area contributed by atoms with Crippen molar-refractivity contribution >= 4 is 0 Å². The van der Waals surface area contributed by atoms with E-state index in [4.69, 9.17) is 0 Å². The summed E-state index contributed by atoms with van der Waals surface area (Å²) in [5.41, 5.74) is 1.12. The number of hydrogen-bond acceptors (Lipinski definition) is 4. The van der Waals surface area contributed by atoms with E-state index in [1.165, 1.54) is 0 Å². The van der Waals surface area contributed by atoms with Crippen molar-refractivity contribution in [1.29, 1.82) is 0 Å². The van der Waals surface area contributed by atoms with E-state index in [9.17, 15) is 8.78 Å². The van der Waals surface area contributed by atoms with Crippen LogP contribution < -0.4 is 0 Å². The van der Waals surface area contributed by atoms with Crippen LogP contribution in [0.4, 0.5) is 8.78 Å². The summed E-state index contributed by atoms with van der Waals surface area (Å²) in [5, 5.41) is 0. The van der Waals surface area contributed by atoms with Crippen molar-refractivity contribution in [2.24, 2.45) is 5.41 Å². The summed E-state index contributed by atoms with van der Waals surface area (Å²) in [7, 11) is 0. The Labute approximate surface area is 152 Å². The van der Waals surface area contributed by atoms with Gasteiger partial charge in [-0.05, 0) is 42.8 Å². The first-order valence-corrected chi connectivity index (χ1v) is 9.18. The van der Waals surface area contributed by atoms with Gasteiger partial charge in [0.05, 0.1) is 11.1 Å². The maximum atomic E-state index is 14.9. The second-order valence-corrected chi connectivity index (χ2v) is 7.58. The van der Waals surface area contributed by atoms with E-state index in [1.54, 1.807) is 18.6 Å². The molecule has 0 N–H and O–H groups in total. The number of nitrogens with zero attached hydrogens (tertiary/aromatic N) is 4. The van der Waals surface area contributed by atoms with E-state index < -0.39 is 11.3 Å². The van der Waals surface area contributed by atoms with Crippen LogP contribution in [0.1, 0.15) is 24.1 Å². The van der Waals surface area contributed by atoms with Crippen molar-refractivity contribution in [3.63, 3.8) is 0 Å². The lowest BCUT2D eigenvalue weighted by atomic mass is 9.75. The highest BCUT2D eigenvalue weighted by atomic mass is 19.3. The molecule has 0 unspecified atom stereocenters. The molecule has 26 heavy (non-hydrogen) atoms. The van der Waals surface area contributed by atoms with Gasteiger partial charge in [-0.25, -0.2) is 8.78 Å². The number of likely N-dealkylation sites (tertiary alicyclic amines) is 2. The Morgan fingerprint density at radius 1 is 0.885 bits per heavy atom. The van der Waals surface area contributed by atoms with Crippen LogP contribution in [0.5, 0.6) is 0 Å². The minimum absolute atomic E-state index is 0.0600. The molecule has 2 fully saturated rings. The predicted molar refractivity (Wildman–Crippen MR) is 95.6 cm³/mol. The van der Waals surface area contributed by atoms with Crippen LogP contribution >= 0.6 is 0 Å². The molecule has 138 valence electrons. The second kappa shape index (κ2) is 7.00. The Morgan fingerprint density at radius 3 is 2.35 bits per heavy atom. The molecule has 0 bridgehead atoms. The first-order valence-electron chi connectivity index (χ1n) is 9.18. The van der Waals surface area contributed by atoms with Gasteiger partial charge in [-0.15, -0.1) is 0 Å². The molecule has 4 rings (SSSR count). The van der Waals surface area contributed by atoms with Crippen LogP contribution in [-0.4, -0.2) is 51.9 Å². The Morgan fingerprint density at radius 2 is 1.62 bits per heavy atom. The maximum Gasteiger partial charge on any atom is 0.257 e. The van der Waals surface area contributed by atoms with E-state index in [2.05, 4.69) is 19.8 Å². The highest BCUT2D eigenvalue weighted by Gasteiger charge is 2.59. The molecule has 0 aromatic carbocycles. The summed E-state index contributed by atoms with van der Waals surface area (Å²) in [5.74, 6) is -2.61. The summed E-state index contributed by atoms with van der Waals surface area (Å²) in [6, 6.07) is 9.70. The third-order valence-corrected chi connectivity index (χ3v) is 5.74. The summed E-state index contributed by atoms with van der Waals surface area (Å²) < 4.78 is 29.8. The highest BCUT2D eigenvalue weighted by Crippen LogP contribution is 2.49. The molecule has 0 amide bonds. The molecule has 6 heteroatoms. The number of hydrogen-bond donors (Lipinski definition) is 0. The Bertz CT molecular complexity index is 725. The van der Waals surface area contributed by atoms with Crippen LogP contribution in [0.15, 0.2) is 48.9 Å². The Balaban J connectivity index is 1.46. The largest absolute Gasteiger partial charge is 0.298 e. The molecule has 4 heterocycles. The summed E-state index contributed by atoms with van der Waals surface area (Å²) in [6.07, 6.45) is 5.75. The number of rotatable bonds is 4. The van der Waals surface area contributed by atoms with E-state index in [-0.39, 0.29) is 6.42 Å². The van der Waals surface area contributed by atoms with Gasteiger partial charge in [0.1, 0.15) is 0 Å². The Kier molecular flexibility index (Phi) is 4.71. The molecule has 1 spiro atoms. The zero-order valence-electron chi connectivity index (χ0n) is 14.8. The van der Waals surface area contributed by atoms with Crippen molar-refractivity contribution < 1.29 is 8.78 Å². The summed E-state index contributed by atoms with van der Waals surface area (Å²) in [6.45, 7) is 3.38. The van der Waals surface area contributed by atoms with Crippen LogP contribution in [0.25, 0.3) is 0 Å². The van der Waals surface area contributed by atoms with Crippen LogP contribution in [-0.2, 0) is 13.1 Å². The average molecular weight is 358 g/mol. The molecule has 4 nitrogen and oxygen atoms in total. The smallest absolute Gasteiger partial charge is 0.257 e. The minimum atomic E-state index is -2.61. The van der Waals surface area contributed by atoms with E-state index in [1.807, 2.05) is 30.3 Å². The fourth-order valence-corrected chi connectivity index (χ4v) is 4.31. The molecule has 0 radical (unpaired) electrons. The molecule has 2 saturated heterocycles. The monoisotopic (exact) mass is 358 g/mol. The van der Waals surface area contributed by atoms with Gasteiger partial charge >= 0.3 is 0 Å². The van der Waals surface area contributed by atoms with Gasteiger partial charge in [-0.1, -0.05) is 6.07 Å². The van der Waals surface area contributed by atoms with Crippen molar-refractivity contribution in [3.8, 4) is 0 Å². The number of piperidine rings is 1. The molecule has 2 aromatic heterocycles. The predicted octanol–water partition coefficient (Wildman–Crippen LogP) is 3.21. The lowest BCUT2D eigenvalue weighted by Gasteiger charge is -2.46. The van der Waals surface area contributed by atoms with Gasteiger partial charge in [0.2, 0.25) is 0 Å². The number of alkyl halides is 2. The second-order valence-electron chi connectivity index (χ2n) is 7.58. The topological polar surface area (TPSA) is 32.3 Å². The first kappa shape index (κ1) is 17.5. The molecule has 0 aliphatic carbocycles. The van der Waals surface area contributed by atoms with Crippen molar-refractivity contribution in [3.05, 3.63) is 60.2 Å². The van der Waals surface area contributed by atoms with Gasteiger partial charge in [-0.2, -0.15) is 0 Å². The third-order valence-electron chi connectivity index (χ3n) is 5.74. The maximum absolute atomic E-state index is 14.9. The summed E-state index contributed by atoms with van der Waals surface area (Å²) >= 11 is 0. The minimum Gasteiger partial charge on any atom is -0.298 e. The van der Waals surface area contributed by atoms with Crippen LogP contribution in [0, 0.1) is 5.41 Å². The van der Waals surface area contributed by atoms with Gasteiger partial charge in [0.15, 0.2) is 0 Å². The van der Waals surface area contributed by atoms with Gasteiger partial charge < -0.3 is 0 Å². The molecule has 0 saturated carbocycles. The number of halogens is 2. The fourth-order valence-electron chi connectivity index (χ4n) is 4.31. The summed E-state index contributed by atoms with van der Waals surface area (Å²) in [4.78, 5) is 12.7. The van der Waals surface area contributed by atoms with Gasteiger partial charge in [0.25, 0.3) is 5.92 Å². The molecular weight excluding hydrogens is 334 g/mol. The lowest BCUT2D eigenvalue weighted by Crippen LogP contribution is -2.56. The first-order chi connectivity index (χ1) is 12.6. The fraction of sp³-hybridized carbons (Fsp3) is 0.500. The SMILES string of the molecule is FC1(F)CCN(Cc2ccncc2)C[C@]12CCN(Cc1ccccn1)C2. The average Bonchev–Trinajstić information content (AvgIpc) is 3.04. The molecule has 1 atom stereocenters. The standard InChI is InChI=1S/C20H24F2N4/c21-20(22)7-12-25(13-17-4-9-23-10-5-17)15-19(20)6-11-26(16-19)14-18-3-1-2-8-24-18/h1-5,8-10H,6-7,11-16H2/t19-/m0/s1. The zero-order chi connectivity index (χ0) is 18.0. The Hall–Kier alpha value is -1.92. The number of pyridine rings is 2. The quantitative estimate of drug-likeness (QED) is 0.840. The molecular formula is C20H24F2N4. The van der Waals surface area contributed by atoms with E-state index in [0.29, 0.717) is 45.7 Å². The third kappa shape index (κ3) is 3.48.